The van der Waals surface area contributed by atoms with Gasteiger partial charge in [-0.05, 0) is 44.5 Å². The van der Waals surface area contributed by atoms with Gasteiger partial charge >= 0.3 is 0 Å². The van der Waals surface area contributed by atoms with Crippen LogP contribution in [0.2, 0.25) is 0 Å². The lowest BCUT2D eigenvalue weighted by Crippen LogP contribution is -2.24. The Morgan fingerprint density at radius 2 is 1.61 bits per heavy atom. The molecule has 0 saturated heterocycles. The van der Waals surface area contributed by atoms with Crippen molar-refractivity contribution < 1.29 is 14.3 Å². The Balaban J connectivity index is 1.69. The molecule has 0 aromatic heterocycles. The van der Waals surface area contributed by atoms with E-state index in [-0.39, 0.29) is 11.7 Å². The number of rotatable bonds is 6. The second-order valence-corrected chi connectivity index (χ2v) is 6.79. The quantitative estimate of drug-likeness (QED) is 0.604. The number of hydrogen-bond acceptors (Lipinski definition) is 3. The molecule has 3 aromatic rings. The normalized spacial score (nSPS) is 11.5. The van der Waals surface area contributed by atoms with Crippen LogP contribution in [0.3, 0.4) is 0 Å². The molecule has 1 unspecified atom stereocenters. The monoisotopic (exact) mass is 373 g/mol. The minimum Gasteiger partial charge on any atom is -0.482 e. The predicted molar refractivity (Wildman–Crippen MR) is 111 cm³/mol. The summed E-state index contributed by atoms with van der Waals surface area (Å²) in [5.41, 5.74) is 3.85. The zero-order valence-corrected chi connectivity index (χ0v) is 16.2. The first-order valence-corrected chi connectivity index (χ1v) is 9.18. The molecular formula is C24H23NO3. The number of hydrogen-bond donors (Lipinski definition) is 1. The summed E-state index contributed by atoms with van der Waals surface area (Å²) in [5, 5.41) is 2.88. The number of nitrogens with one attached hydrogen (secondary N) is 1. The number of carbonyl (C=O) groups excluding carboxylic acids is 2. The summed E-state index contributed by atoms with van der Waals surface area (Å²) in [6.45, 7) is 5.60. The van der Waals surface area contributed by atoms with E-state index in [9.17, 15) is 9.59 Å². The maximum absolute atomic E-state index is 12.6. The molecule has 0 fully saturated rings. The molecule has 0 bridgehead atoms. The van der Waals surface area contributed by atoms with Crippen molar-refractivity contribution in [2.45, 2.75) is 26.9 Å². The van der Waals surface area contributed by atoms with Crippen LogP contribution in [0.1, 0.15) is 38.8 Å². The Morgan fingerprint density at radius 3 is 2.32 bits per heavy atom. The Kier molecular flexibility index (Phi) is 5.90. The summed E-state index contributed by atoms with van der Waals surface area (Å²) < 4.78 is 5.81. The van der Waals surface area contributed by atoms with E-state index < -0.39 is 6.10 Å². The maximum atomic E-state index is 12.6. The van der Waals surface area contributed by atoms with Crippen LogP contribution in [0.4, 0.5) is 5.69 Å². The van der Waals surface area contributed by atoms with Crippen molar-refractivity contribution >= 4 is 17.4 Å². The molecule has 4 nitrogen and oxygen atoms in total. The first-order valence-electron chi connectivity index (χ1n) is 9.18. The van der Waals surface area contributed by atoms with Crippen molar-refractivity contribution in [3.63, 3.8) is 0 Å². The number of ketones is 1. The van der Waals surface area contributed by atoms with Crippen molar-refractivity contribution in [1.29, 1.82) is 0 Å². The molecule has 1 amide bonds. The average Bonchev–Trinajstić information content (AvgIpc) is 2.68. The standard InChI is InChI=1S/C24H23NO3/c1-16-11-13-19(14-12-16)23(26)18(3)28-21-9-6-8-20(15-21)25-24(27)22-10-5-4-7-17(22)2/h4-15,18H,1-3H3,(H,25,27). The topological polar surface area (TPSA) is 55.4 Å². The fourth-order valence-electron chi connectivity index (χ4n) is 2.88. The van der Waals surface area contributed by atoms with E-state index in [1.165, 1.54) is 0 Å². The highest BCUT2D eigenvalue weighted by atomic mass is 16.5. The third-order valence-corrected chi connectivity index (χ3v) is 4.50. The van der Waals surface area contributed by atoms with Gasteiger partial charge in [-0.15, -0.1) is 0 Å². The van der Waals surface area contributed by atoms with Crippen LogP contribution in [0.5, 0.6) is 5.75 Å². The summed E-state index contributed by atoms with van der Waals surface area (Å²) in [6, 6.07) is 21.9. The van der Waals surface area contributed by atoms with E-state index in [0.717, 1.165) is 11.1 Å². The van der Waals surface area contributed by atoms with Gasteiger partial charge in [-0.2, -0.15) is 0 Å². The lowest BCUT2D eigenvalue weighted by molar-refractivity contribution is 0.0818. The minimum atomic E-state index is -0.634. The van der Waals surface area contributed by atoms with E-state index in [0.29, 0.717) is 22.6 Å². The second-order valence-electron chi connectivity index (χ2n) is 6.79. The second kappa shape index (κ2) is 8.53. The molecule has 0 aliphatic carbocycles. The van der Waals surface area contributed by atoms with Gasteiger partial charge in [-0.1, -0.05) is 54.1 Å². The molecule has 0 saturated carbocycles. The van der Waals surface area contributed by atoms with Gasteiger partial charge < -0.3 is 10.1 Å². The number of carbonyl (C=O) groups is 2. The molecule has 0 radical (unpaired) electrons. The SMILES string of the molecule is Cc1ccc(C(=O)C(C)Oc2cccc(NC(=O)c3ccccc3C)c2)cc1. The molecule has 0 heterocycles. The summed E-state index contributed by atoms with van der Waals surface area (Å²) in [7, 11) is 0. The van der Waals surface area contributed by atoms with Crippen LogP contribution < -0.4 is 10.1 Å². The highest BCUT2D eigenvalue weighted by Gasteiger charge is 2.17. The third-order valence-electron chi connectivity index (χ3n) is 4.50. The van der Waals surface area contributed by atoms with E-state index in [4.69, 9.17) is 4.74 Å². The van der Waals surface area contributed by atoms with Gasteiger partial charge in [-0.3, -0.25) is 9.59 Å². The summed E-state index contributed by atoms with van der Waals surface area (Å²) in [5.74, 6) is 0.254. The number of anilines is 1. The first-order chi connectivity index (χ1) is 13.4. The van der Waals surface area contributed by atoms with Crippen molar-refractivity contribution in [3.8, 4) is 5.75 Å². The number of ether oxygens (including phenoxy) is 1. The van der Waals surface area contributed by atoms with E-state index in [1.807, 2.05) is 44.2 Å². The minimum absolute atomic E-state index is 0.0886. The molecule has 3 rings (SSSR count). The Bertz CT molecular complexity index is 993. The molecule has 4 heteroatoms. The van der Waals surface area contributed by atoms with Crippen molar-refractivity contribution in [1.82, 2.24) is 0 Å². The Hall–Kier alpha value is -3.40. The Morgan fingerprint density at radius 1 is 0.893 bits per heavy atom. The maximum Gasteiger partial charge on any atom is 0.255 e. The lowest BCUT2D eigenvalue weighted by Gasteiger charge is -2.15. The third kappa shape index (κ3) is 4.65. The molecule has 3 aromatic carbocycles. The fraction of sp³-hybridized carbons (Fsp3) is 0.167. The van der Waals surface area contributed by atoms with Gasteiger partial charge in [-0.25, -0.2) is 0 Å². The molecule has 1 atom stereocenters. The van der Waals surface area contributed by atoms with E-state index >= 15 is 0 Å². The van der Waals surface area contributed by atoms with Crippen molar-refractivity contribution in [3.05, 3.63) is 95.1 Å². The number of amides is 1. The molecular weight excluding hydrogens is 350 g/mol. The highest BCUT2D eigenvalue weighted by molar-refractivity contribution is 6.05. The number of aryl methyl sites for hydroxylation is 2. The summed E-state index contributed by atoms with van der Waals surface area (Å²) in [6.07, 6.45) is -0.634. The van der Waals surface area contributed by atoms with Gasteiger partial charge in [0.05, 0.1) is 0 Å². The van der Waals surface area contributed by atoms with Crippen LogP contribution >= 0.6 is 0 Å². The summed E-state index contributed by atoms with van der Waals surface area (Å²) in [4.78, 5) is 25.0. The number of Topliss-reactive ketones (excluding diaryl/α,β-unsaturated/α-hetero) is 1. The van der Waals surface area contributed by atoms with Gasteiger partial charge in [0.15, 0.2) is 6.10 Å². The molecule has 0 aliphatic heterocycles. The smallest absolute Gasteiger partial charge is 0.255 e. The van der Waals surface area contributed by atoms with Crippen LogP contribution in [-0.2, 0) is 0 Å². The summed E-state index contributed by atoms with van der Waals surface area (Å²) >= 11 is 0. The first kappa shape index (κ1) is 19.4. The van der Waals surface area contributed by atoms with Crippen LogP contribution in [0.25, 0.3) is 0 Å². The van der Waals surface area contributed by atoms with Gasteiger partial charge in [0, 0.05) is 22.9 Å². The average molecular weight is 373 g/mol. The molecule has 28 heavy (non-hydrogen) atoms. The van der Waals surface area contributed by atoms with E-state index in [2.05, 4.69) is 5.32 Å². The van der Waals surface area contributed by atoms with E-state index in [1.54, 1.807) is 49.4 Å². The van der Waals surface area contributed by atoms with Crippen LogP contribution in [-0.4, -0.2) is 17.8 Å². The molecule has 142 valence electrons. The highest BCUT2D eigenvalue weighted by Crippen LogP contribution is 2.21. The zero-order valence-electron chi connectivity index (χ0n) is 16.2. The molecule has 0 aliphatic rings. The fourth-order valence-corrected chi connectivity index (χ4v) is 2.88. The predicted octanol–water partition coefficient (Wildman–Crippen LogP) is 5.21. The Labute approximate surface area is 165 Å². The van der Waals surface area contributed by atoms with Gasteiger partial charge in [0.25, 0.3) is 5.91 Å². The van der Waals surface area contributed by atoms with Gasteiger partial charge in [0.2, 0.25) is 5.78 Å². The van der Waals surface area contributed by atoms with Crippen LogP contribution in [0.15, 0.2) is 72.8 Å². The van der Waals surface area contributed by atoms with Crippen molar-refractivity contribution in [2.75, 3.05) is 5.32 Å². The van der Waals surface area contributed by atoms with Gasteiger partial charge in [0.1, 0.15) is 5.75 Å². The number of benzene rings is 3. The van der Waals surface area contributed by atoms with Crippen LogP contribution in [0, 0.1) is 13.8 Å². The zero-order chi connectivity index (χ0) is 20.1. The lowest BCUT2D eigenvalue weighted by atomic mass is 10.1. The van der Waals surface area contributed by atoms with Crippen molar-refractivity contribution in [2.24, 2.45) is 0 Å². The molecule has 1 N–H and O–H groups in total. The molecule has 0 spiro atoms. The largest absolute Gasteiger partial charge is 0.482 e.